The van der Waals surface area contributed by atoms with Crippen molar-refractivity contribution in [3.8, 4) is 0 Å². The number of methoxy groups -OCH3 is 2. The fraction of sp³-hybridized carbons (Fsp3) is 0.688. The van der Waals surface area contributed by atoms with Gasteiger partial charge in [-0.1, -0.05) is 13.0 Å². The van der Waals surface area contributed by atoms with Crippen molar-refractivity contribution < 1.29 is 9.47 Å². The molecule has 0 aliphatic carbocycles. The van der Waals surface area contributed by atoms with Crippen LogP contribution in [0.2, 0.25) is 0 Å². The van der Waals surface area contributed by atoms with Gasteiger partial charge < -0.3 is 14.8 Å². The minimum atomic E-state index is 0.725. The summed E-state index contributed by atoms with van der Waals surface area (Å²) in [6.07, 6.45) is 3.11. The van der Waals surface area contributed by atoms with E-state index < -0.39 is 0 Å². The Hall–Kier alpha value is -1.01. The number of ether oxygens (including phenoxy) is 2. The van der Waals surface area contributed by atoms with Gasteiger partial charge in [0.1, 0.15) is 0 Å². The number of nitrogens with one attached hydrogen (secondary N) is 1. The van der Waals surface area contributed by atoms with E-state index in [1.54, 1.807) is 14.2 Å². The summed E-state index contributed by atoms with van der Waals surface area (Å²) < 4.78 is 10.3. The van der Waals surface area contributed by atoms with Crippen LogP contribution in [0.5, 0.6) is 0 Å². The number of pyridine rings is 1. The summed E-state index contributed by atoms with van der Waals surface area (Å²) in [5.74, 6) is 0. The van der Waals surface area contributed by atoms with Crippen molar-refractivity contribution >= 4 is 0 Å². The molecule has 0 aliphatic heterocycles. The summed E-state index contributed by atoms with van der Waals surface area (Å²) >= 11 is 0. The van der Waals surface area contributed by atoms with E-state index in [2.05, 4.69) is 34.3 Å². The minimum absolute atomic E-state index is 0.725. The molecule has 1 rings (SSSR count). The lowest BCUT2D eigenvalue weighted by Crippen LogP contribution is -2.30. The number of hydrogen-bond acceptors (Lipinski definition) is 5. The molecule has 5 heteroatoms. The van der Waals surface area contributed by atoms with Gasteiger partial charge in [-0.2, -0.15) is 0 Å². The number of hydrogen-bond donors (Lipinski definition) is 1. The third-order valence-electron chi connectivity index (χ3n) is 3.25. The highest BCUT2D eigenvalue weighted by Gasteiger charge is 2.06. The molecular weight excluding hydrogens is 266 g/mol. The van der Waals surface area contributed by atoms with Crippen molar-refractivity contribution in [2.24, 2.45) is 0 Å². The molecule has 0 atom stereocenters. The second-order valence-electron chi connectivity index (χ2n) is 5.10. The third kappa shape index (κ3) is 8.12. The van der Waals surface area contributed by atoms with Gasteiger partial charge in [0.15, 0.2) is 0 Å². The molecule has 0 bridgehead atoms. The summed E-state index contributed by atoms with van der Waals surface area (Å²) in [5, 5.41) is 3.38. The van der Waals surface area contributed by atoms with Crippen LogP contribution in [0.25, 0.3) is 0 Å². The van der Waals surface area contributed by atoms with Gasteiger partial charge in [-0.3, -0.25) is 9.88 Å². The van der Waals surface area contributed by atoms with E-state index in [0.29, 0.717) is 0 Å². The van der Waals surface area contributed by atoms with Gasteiger partial charge in [0.05, 0.1) is 18.9 Å². The van der Waals surface area contributed by atoms with Crippen LogP contribution in [-0.4, -0.2) is 57.0 Å². The smallest absolute Gasteiger partial charge is 0.0589 e. The zero-order chi connectivity index (χ0) is 15.3. The Morgan fingerprint density at radius 3 is 2.38 bits per heavy atom. The summed E-state index contributed by atoms with van der Waals surface area (Å²) in [5.41, 5.74) is 2.31. The van der Waals surface area contributed by atoms with Gasteiger partial charge in [-0.05, 0) is 24.6 Å². The Labute approximate surface area is 128 Å². The van der Waals surface area contributed by atoms with E-state index in [4.69, 9.17) is 9.47 Å². The van der Waals surface area contributed by atoms with Gasteiger partial charge in [0.2, 0.25) is 0 Å². The minimum Gasteiger partial charge on any atom is -0.383 e. The van der Waals surface area contributed by atoms with Crippen molar-refractivity contribution in [1.82, 2.24) is 15.2 Å². The van der Waals surface area contributed by atoms with E-state index in [1.807, 2.05) is 6.20 Å². The fourth-order valence-corrected chi connectivity index (χ4v) is 2.00. The van der Waals surface area contributed by atoms with Gasteiger partial charge in [-0.15, -0.1) is 0 Å². The quantitative estimate of drug-likeness (QED) is 0.594. The Morgan fingerprint density at radius 2 is 1.86 bits per heavy atom. The number of nitrogens with zero attached hydrogens (tertiary/aromatic N) is 2. The van der Waals surface area contributed by atoms with E-state index in [9.17, 15) is 0 Å². The van der Waals surface area contributed by atoms with Crippen LogP contribution in [0.4, 0.5) is 0 Å². The highest BCUT2D eigenvalue weighted by atomic mass is 16.5. The average molecular weight is 295 g/mol. The van der Waals surface area contributed by atoms with Gasteiger partial charge in [0.25, 0.3) is 0 Å². The Bertz CT molecular complexity index is 349. The van der Waals surface area contributed by atoms with E-state index >= 15 is 0 Å². The molecule has 0 saturated carbocycles. The van der Waals surface area contributed by atoms with Crippen LogP contribution in [0, 0.1) is 0 Å². The molecule has 1 heterocycles. The zero-order valence-electron chi connectivity index (χ0n) is 13.6. The molecule has 0 aromatic carbocycles. The molecule has 0 saturated heterocycles. The van der Waals surface area contributed by atoms with Crippen LogP contribution in [-0.2, 0) is 22.6 Å². The van der Waals surface area contributed by atoms with Crippen molar-refractivity contribution in [2.45, 2.75) is 26.4 Å². The molecule has 1 aromatic heterocycles. The summed E-state index contributed by atoms with van der Waals surface area (Å²) in [4.78, 5) is 6.85. The predicted molar refractivity (Wildman–Crippen MR) is 85.3 cm³/mol. The first-order valence-electron chi connectivity index (χ1n) is 7.65. The first-order valence-corrected chi connectivity index (χ1v) is 7.65. The maximum atomic E-state index is 5.15. The van der Waals surface area contributed by atoms with Crippen LogP contribution >= 0.6 is 0 Å². The molecule has 0 radical (unpaired) electrons. The molecule has 5 nitrogen and oxygen atoms in total. The fourth-order valence-electron chi connectivity index (χ4n) is 2.00. The maximum Gasteiger partial charge on any atom is 0.0589 e. The van der Waals surface area contributed by atoms with Crippen molar-refractivity contribution in [1.29, 1.82) is 0 Å². The maximum absolute atomic E-state index is 5.15. The van der Waals surface area contributed by atoms with Crippen molar-refractivity contribution in [3.63, 3.8) is 0 Å². The van der Waals surface area contributed by atoms with E-state index in [1.165, 1.54) is 5.56 Å². The lowest BCUT2D eigenvalue weighted by atomic mass is 10.2. The SMILES string of the molecule is CCCNCc1ccc(CN(CCOC)CCOC)nc1. The van der Waals surface area contributed by atoms with Gasteiger partial charge in [-0.25, -0.2) is 0 Å². The molecule has 1 aromatic rings. The van der Waals surface area contributed by atoms with Crippen molar-refractivity contribution in [2.75, 3.05) is 47.1 Å². The summed E-state index contributed by atoms with van der Waals surface area (Å²) in [6, 6.07) is 4.26. The molecule has 0 unspecified atom stereocenters. The molecule has 0 fully saturated rings. The van der Waals surface area contributed by atoms with Crippen molar-refractivity contribution in [3.05, 3.63) is 29.6 Å². The number of aromatic nitrogens is 1. The lowest BCUT2D eigenvalue weighted by molar-refractivity contribution is 0.109. The molecule has 1 N–H and O–H groups in total. The normalized spacial score (nSPS) is 11.2. The summed E-state index contributed by atoms with van der Waals surface area (Å²) in [7, 11) is 3.45. The molecule has 21 heavy (non-hydrogen) atoms. The zero-order valence-corrected chi connectivity index (χ0v) is 13.6. The van der Waals surface area contributed by atoms with Crippen LogP contribution in [0.1, 0.15) is 24.6 Å². The second kappa shape index (κ2) is 11.6. The Morgan fingerprint density at radius 1 is 1.14 bits per heavy atom. The molecular formula is C16H29N3O2. The van der Waals surface area contributed by atoms with Crippen LogP contribution < -0.4 is 5.32 Å². The highest BCUT2D eigenvalue weighted by Crippen LogP contribution is 2.04. The largest absolute Gasteiger partial charge is 0.383 e. The van der Waals surface area contributed by atoms with E-state index in [0.717, 1.165) is 58.1 Å². The first kappa shape index (κ1) is 18.0. The summed E-state index contributed by atoms with van der Waals surface area (Å²) in [6.45, 7) is 8.16. The Kier molecular flexibility index (Phi) is 9.99. The van der Waals surface area contributed by atoms with Gasteiger partial charge >= 0.3 is 0 Å². The molecule has 0 spiro atoms. The standard InChI is InChI=1S/C16H29N3O2/c1-4-7-17-12-15-5-6-16(18-13-15)14-19(8-10-20-2)9-11-21-3/h5-6,13,17H,4,7-12,14H2,1-3H3. The molecule has 0 amide bonds. The highest BCUT2D eigenvalue weighted by molar-refractivity contribution is 5.14. The van der Waals surface area contributed by atoms with Gasteiger partial charge in [0, 0.05) is 46.6 Å². The predicted octanol–water partition coefficient (Wildman–Crippen LogP) is 1.68. The average Bonchev–Trinajstić information content (AvgIpc) is 2.52. The lowest BCUT2D eigenvalue weighted by Gasteiger charge is -2.21. The molecule has 0 aliphatic rings. The third-order valence-corrected chi connectivity index (χ3v) is 3.25. The second-order valence-corrected chi connectivity index (χ2v) is 5.10. The Balaban J connectivity index is 2.45. The molecule has 120 valence electrons. The van der Waals surface area contributed by atoms with Crippen LogP contribution in [0.3, 0.4) is 0 Å². The monoisotopic (exact) mass is 295 g/mol. The first-order chi connectivity index (χ1) is 10.3. The topological polar surface area (TPSA) is 46.6 Å². The van der Waals surface area contributed by atoms with Crippen LogP contribution in [0.15, 0.2) is 18.3 Å². The number of rotatable bonds is 12. The van der Waals surface area contributed by atoms with E-state index in [-0.39, 0.29) is 0 Å².